The van der Waals surface area contributed by atoms with Crippen molar-refractivity contribution in [3.63, 3.8) is 0 Å². The van der Waals surface area contributed by atoms with Crippen molar-refractivity contribution in [2.45, 2.75) is 33.6 Å². The lowest BCUT2D eigenvalue weighted by Crippen LogP contribution is -2.23. The molecule has 0 radical (unpaired) electrons. The average Bonchev–Trinajstić information content (AvgIpc) is 3.03. The molecule has 1 fully saturated rings. The number of carbonyl (C=O) groups excluding carboxylic acids is 2. The van der Waals surface area contributed by atoms with Gasteiger partial charge in [-0.3, -0.25) is 9.59 Å². The van der Waals surface area contributed by atoms with E-state index in [1.54, 1.807) is 11.8 Å². The zero-order valence-electron chi connectivity index (χ0n) is 13.6. The molecule has 5 heteroatoms. The Hall–Kier alpha value is -2.56. The van der Waals surface area contributed by atoms with Gasteiger partial charge in [0.1, 0.15) is 11.5 Å². The average molecular weight is 312 g/mol. The summed E-state index contributed by atoms with van der Waals surface area (Å²) in [5, 5.41) is 2.89. The van der Waals surface area contributed by atoms with Crippen molar-refractivity contribution in [2.24, 2.45) is 0 Å². The first-order valence-corrected chi connectivity index (χ1v) is 7.75. The molecule has 0 saturated carbocycles. The van der Waals surface area contributed by atoms with Gasteiger partial charge in [0.2, 0.25) is 5.91 Å². The maximum Gasteiger partial charge on any atom is 0.259 e. The second kappa shape index (κ2) is 5.91. The normalized spacial score (nSPS) is 14.4. The van der Waals surface area contributed by atoms with Crippen LogP contribution in [-0.2, 0) is 4.79 Å². The molecule has 0 unspecified atom stereocenters. The van der Waals surface area contributed by atoms with E-state index in [0.29, 0.717) is 23.4 Å². The molecule has 2 aromatic rings. The number of nitrogens with zero attached hydrogens (tertiary/aromatic N) is 1. The van der Waals surface area contributed by atoms with E-state index in [4.69, 9.17) is 4.42 Å². The van der Waals surface area contributed by atoms with Crippen LogP contribution in [0.5, 0.6) is 0 Å². The molecule has 1 aliphatic heterocycles. The first-order valence-electron chi connectivity index (χ1n) is 7.75. The highest BCUT2D eigenvalue weighted by molar-refractivity contribution is 6.06. The lowest BCUT2D eigenvalue weighted by Gasteiger charge is -2.16. The minimum absolute atomic E-state index is 0.130. The van der Waals surface area contributed by atoms with Gasteiger partial charge in [-0.1, -0.05) is 6.07 Å². The van der Waals surface area contributed by atoms with Gasteiger partial charge in [-0.05, 0) is 45.4 Å². The minimum Gasteiger partial charge on any atom is -0.466 e. The van der Waals surface area contributed by atoms with Gasteiger partial charge in [-0.2, -0.15) is 0 Å². The fourth-order valence-electron chi connectivity index (χ4n) is 2.99. The molecule has 1 saturated heterocycles. The van der Waals surface area contributed by atoms with Gasteiger partial charge in [0, 0.05) is 29.9 Å². The van der Waals surface area contributed by atoms with Crippen LogP contribution in [0.25, 0.3) is 0 Å². The number of furan rings is 1. The van der Waals surface area contributed by atoms with Gasteiger partial charge in [-0.25, -0.2) is 0 Å². The van der Waals surface area contributed by atoms with Crippen LogP contribution in [-0.4, -0.2) is 18.4 Å². The monoisotopic (exact) mass is 312 g/mol. The molecule has 0 atom stereocenters. The number of rotatable bonds is 3. The Labute approximate surface area is 135 Å². The third kappa shape index (κ3) is 2.86. The summed E-state index contributed by atoms with van der Waals surface area (Å²) in [4.78, 5) is 26.1. The van der Waals surface area contributed by atoms with Crippen LogP contribution in [0.3, 0.4) is 0 Å². The first kappa shape index (κ1) is 15.3. The van der Waals surface area contributed by atoms with Crippen LogP contribution >= 0.6 is 0 Å². The van der Waals surface area contributed by atoms with E-state index >= 15 is 0 Å². The van der Waals surface area contributed by atoms with E-state index in [-0.39, 0.29) is 11.8 Å². The molecule has 1 N–H and O–H groups in total. The topological polar surface area (TPSA) is 62.6 Å². The Morgan fingerprint density at radius 3 is 2.61 bits per heavy atom. The van der Waals surface area contributed by atoms with Crippen molar-refractivity contribution in [1.29, 1.82) is 0 Å². The molecule has 23 heavy (non-hydrogen) atoms. The van der Waals surface area contributed by atoms with Crippen LogP contribution in [0, 0.1) is 20.8 Å². The minimum atomic E-state index is -0.193. The number of hydrogen-bond donors (Lipinski definition) is 1. The van der Waals surface area contributed by atoms with Gasteiger partial charge in [0.15, 0.2) is 0 Å². The fourth-order valence-corrected chi connectivity index (χ4v) is 2.99. The summed E-state index contributed by atoms with van der Waals surface area (Å²) in [6, 6.07) is 7.38. The molecule has 0 bridgehead atoms. The number of carbonyl (C=O) groups is 2. The summed E-state index contributed by atoms with van der Waals surface area (Å²) in [6.45, 7) is 6.24. The summed E-state index contributed by atoms with van der Waals surface area (Å²) in [5.41, 5.74) is 2.92. The smallest absolute Gasteiger partial charge is 0.259 e. The third-order valence-electron chi connectivity index (χ3n) is 4.28. The molecule has 3 rings (SSSR count). The van der Waals surface area contributed by atoms with Crippen molar-refractivity contribution >= 4 is 23.2 Å². The van der Waals surface area contributed by atoms with E-state index in [1.165, 1.54) is 0 Å². The molecule has 2 amide bonds. The zero-order valence-corrected chi connectivity index (χ0v) is 13.6. The van der Waals surface area contributed by atoms with E-state index < -0.39 is 0 Å². The highest BCUT2D eigenvalue weighted by Gasteiger charge is 2.22. The molecule has 2 heterocycles. The highest BCUT2D eigenvalue weighted by atomic mass is 16.3. The zero-order chi connectivity index (χ0) is 16.6. The van der Waals surface area contributed by atoms with Gasteiger partial charge in [-0.15, -0.1) is 0 Å². The Morgan fingerprint density at radius 2 is 2.00 bits per heavy atom. The van der Waals surface area contributed by atoms with Crippen molar-refractivity contribution in [3.05, 3.63) is 46.9 Å². The number of benzene rings is 1. The number of aryl methyl sites for hydroxylation is 2. The predicted octanol–water partition coefficient (Wildman–Crippen LogP) is 3.58. The molecule has 1 aromatic carbocycles. The quantitative estimate of drug-likeness (QED) is 0.942. The fraction of sp³-hybridized carbons (Fsp3) is 0.333. The summed E-state index contributed by atoms with van der Waals surface area (Å²) in [5.74, 6) is 1.31. The molecular formula is C18H20N2O3. The molecule has 120 valence electrons. The Kier molecular flexibility index (Phi) is 3.94. The lowest BCUT2D eigenvalue weighted by atomic mass is 10.1. The second-order valence-electron chi connectivity index (χ2n) is 5.87. The third-order valence-corrected chi connectivity index (χ3v) is 4.28. The first-order chi connectivity index (χ1) is 11.0. The van der Waals surface area contributed by atoms with Gasteiger partial charge in [0.05, 0.1) is 5.56 Å². The summed E-state index contributed by atoms with van der Waals surface area (Å²) in [7, 11) is 0. The Balaban J connectivity index is 1.83. The summed E-state index contributed by atoms with van der Waals surface area (Å²) >= 11 is 0. The van der Waals surface area contributed by atoms with Crippen LogP contribution < -0.4 is 10.2 Å². The van der Waals surface area contributed by atoms with Crippen molar-refractivity contribution in [1.82, 2.24) is 0 Å². The van der Waals surface area contributed by atoms with Crippen molar-refractivity contribution in [3.8, 4) is 0 Å². The number of amides is 2. The lowest BCUT2D eigenvalue weighted by molar-refractivity contribution is -0.117. The maximum absolute atomic E-state index is 12.5. The number of nitrogens with one attached hydrogen (secondary N) is 1. The van der Waals surface area contributed by atoms with Gasteiger partial charge >= 0.3 is 0 Å². The molecule has 5 nitrogen and oxygen atoms in total. The maximum atomic E-state index is 12.5. The Bertz CT molecular complexity index is 777. The summed E-state index contributed by atoms with van der Waals surface area (Å²) < 4.78 is 5.51. The van der Waals surface area contributed by atoms with Crippen molar-refractivity contribution < 1.29 is 14.0 Å². The van der Waals surface area contributed by atoms with E-state index in [0.717, 1.165) is 30.0 Å². The SMILES string of the molecule is Cc1oc(C)c(C(=O)Nc2cccc(N3CCCC3=O)c2)c1C. The van der Waals surface area contributed by atoms with Crippen LogP contribution in [0.4, 0.5) is 11.4 Å². The van der Waals surface area contributed by atoms with Gasteiger partial charge < -0.3 is 14.6 Å². The molecule has 0 aliphatic carbocycles. The predicted molar refractivity (Wildman–Crippen MR) is 88.9 cm³/mol. The number of hydrogen-bond acceptors (Lipinski definition) is 3. The largest absolute Gasteiger partial charge is 0.466 e. The van der Waals surface area contributed by atoms with Crippen LogP contribution in [0.2, 0.25) is 0 Å². The molecule has 1 aromatic heterocycles. The van der Waals surface area contributed by atoms with Crippen molar-refractivity contribution in [2.75, 3.05) is 16.8 Å². The molecular weight excluding hydrogens is 292 g/mol. The Morgan fingerprint density at radius 1 is 1.22 bits per heavy atom. The second-order valence-corrected chi connectivity index (χ2v) is 5.87. The van der Waals surface area contributed by atoms with Gasteiger partial charge in [0.25, 0.3) is 5.91 Å². The molecule has 1 aliphatic rings. The summed E-state index contributed by atoms with van der Waals surface area (Å²) in [6.07, 6.45) is 1.46. The van der Waals surface area contributed by atoms with Crippen LogP contribution in [0.1, 0.15) is 40.3 Å². The highest BCUT2D eigenvalue weighted by Crippen LogP contribution is 2.26. The number of anilines is 2. The molecule has 0 spiro atoms. The van der Waals surface area contributed by atoms with Crippen LogP contribution in [0.15, 0.2) is 28.7 Å². The van der Waals surface area contributed by atoms with E-state index in [2.05, 4.69) is 5.32 Å². The standard InChI is InChI=1S/C18H20N2O3/c1-11-12(2)23-13(3)17(11)18(22)19-14-6-4-7-15(10-14)20-9-5-8-16(20)21/h4,6-7,10H,5,8-9H2,1-3H3,(H,19,22). The van der Waals surface area contributed by atoms with E-state index in [1.807, 2.05) is 38.1 Å². The van der Waals surface area contributed by atoms with E-state index in [9.17, 15) is 9.59 Å².